The largest absolute Gasteiger partial charge is 0.472 e. The lowest BCUT2D eigenvalue weighted by atomic mass is 10.0. The molecule has 0 N–H and O–H groups in total. The number of benzene rings is 2. The Kier molecular flexibility index (Phi) is 5.75. The van der Waals surface area contributed by atoms with Crippen LogP contribution in [0, 0.1) is 0 Å². The Balaban J connectivity index is 1.44. The van der Waals surface area contributed by atoms with Crippen LogP contribution < -0.4 is 13.8 Å². The molecule has 0 spiro atoms. The standard InChI is InChI=1S/C23H23ClN2O5S/c24-18-1-4-21(5-2-18)32(27,28)26(20-3-6-22-23(13-20)31-16-30-22)19-7-10-25(11-8-19)14-17-9-12-29-15-17/h1-6,9,12-13,15,19H,7-8,10-11,14,16H2. The van der Waals surface area contributed by atoms with Gasteiger partial charge in [-0.05, 0) is 55.3 Å². The second kappa shape index (κ2) is 8.69. The third-order valence-corrected chi connectivity index (χ3v) is 8.00. The van der Waals surface area contributed by atoms with Gasteiger partial charge in [0.1, 0.15) is 0 Å². The van der Waals surface area contributed by atoms with E-state index >= 15 is 0 Å². The first kappa shape index (κ1) is 21.2. The minimum Gasteiger partial charge on any atom is -0.472 e. The summed E-state index contributed by atoms with van der Waals surface area (Å²) in [6, 6.07) is 13.3. The van der Waals surface area contributed by atoms with Gasteiger partial charge in [0.15, 0.2) is 11.5 Å². The summed E-state index contributed by atoms with van der Waals surface area (Å²) in [4.78, 5) is 2.52. The average molecular weight is 475 g/mol. The molecule has 0 aliphatic carbocycles. The first-order valence-corrected chi connectivity index (χ1v) is 12.3. The van der Waals surface area contributed by atoms with Crippen molar-refractivity contribution in [3.8, 4) is 11.5 Å². The van der Waals surface area contributed by atoms with Crippen molar-refractivity contribution in [3.63, 3.8) is 0 Å². The number of hydrogen-bond donors (Lipinski definition) is 0. The summed E-state index contributed by atoms with van der Waals surface area (Å²) in [5, 5.41) is 0.492. The molecule has 0 saturated carbocycles. The first-order chi connectivity index (χ1) is 15.5. The van der Waals surface area contributed by atoms with Gasteiger partial charge in [-0.2, -0.15) is 0 Å². The van der Waals surface area contributed by atoms with Gasteiger partial charge in [-0.15, -0.1) is 0 Å². The highest BCUT2D eigenvalue weighted by Gasteiger charge is 2.35. The van der Waals surface area contributed by atoms with Crippen molar-refractivity contribution in [1.29, 1.82) is 0 Å². The first-order valence-electron chi connectivity index (χ1n) is 10.4. The number of halogens is 1. The lowest BCUT2D eigenvalue weighted by molar-refractivity contribution is 0.174. The normalized spacial score (nSPS) is 16.9. The van der Waals surface area contributed by atoms with E-state index in [0.717, 1.165) is 25.2 Å². The molecular formula is C23H23ClN2O5S. The molecule has 2 aliphatic heterocycles. The second-order valence-corrected chi connectivity index (χ2v) is 10.2. The fraction of sp³-hybridized carbons (Fsp3) is 0.304. The van der Waals surface area contributed by atoms with Crippen LogP contribution in [-0.4, -0.2) is 39.2 Å². The van der Waals surface area contributed by atoms with Gasteiger partial charge in [-0.3, -0.25) is 9.21 Å². The van der Waals surface area contributed by atoms with Gasteiger partial charge in [0.2, 0.25) is 6.79 Å². The number of nitrogens with zero attached hydrogens (tertiary/aromatic N) is 2. The third kappa shape index (κ3) is 4.18. The van der Waals surface area contributed by atoms with Gasteiger partial charge in [0.05, 0.1) is 23.1 Å². The van der Waals surface area contributed by atoms with E-state index in [1.165, 1.54) is 4.31 Å². The summed E-state index contributed by atoms with van der Waals surface area (Å²) < 4.78 is 45.1. The van der Waals surface area contributed by atoms with E-state index in [4.69, 9.17) is 25.5 Å². The molecule has 0 radical (unpaired) electrons. The van der Waals surface area contributed by atoms with Crippen LogP contribution in [0.3, 0.4) is 0 Å². The number of sulfonamides is 1. The van der Waals surface area contributed by atoms with Gasteiger partial charge in [0.25, 0.3) is 10.0 Å². The number of anilines is 1. The molecule has 0 amide bonds. The second-order valence-electron chi connectivity index (χ2n) is 7.93. The molecule has 168 valence electrons. The summed E-state index contributed by atoms with van der Waals surface area (Å²) in [5.74, 6) is 1.17. The average Bonchev–Trinajstić information content (AvgIpc) is 3.47. The zero-order valence-corrected chi connectivity index (χ0v) is 18.9. The van der Waals surface area contributed by atoms with E-state index in [0.29, 0.717) is 35.1 Å². The zero-order chi connectivity index (χ0) is 22.1. The SMILES string of the molecule is O=S(=O)(c1ccc(Cl)cc1)N(c1ccc2c(c1)OCO2)C1CCN(Cc2ccoc2)CC1. The minimum atomic E-state index is -3.81. The van der Waals surface area contributed by atoms with Crippen molar-refractivity contribution in [2.45, 2.75) is 30.3 Å². The maximum atomic E-state index is 13.8. The summed E-state index contributed by atoms with van der Waals surface area (Å²) in [7, 11) is -3.81. The highest BCUT2D eigenvalue weighted by atomic mass is 35.5. The van der Waals surface area contributed by atoms with Crippen LogP contribution in [0.4, 0.5) is 5.69 Å². The van der Waals surface area contributed by atoms with Crippen LogP contribution in [0.1, 0.15) is 18.4 Å². The smallest absolute Gasteiger partial charge is 0.264 e. The molecule has 2 aromatic carbocycles. The Labute approximate surface area is 192 Å². The predicted molar refractivity (Wildman–Crippen MR) is 121 cm³/mol. The van der Waals surface area contributed by atoms with E-state index in [1.807, 2.05) is 6.07 Å². The summed E-state index contributed by atoms with van der Waals surface area (Å²) in [5.41, 5.74) is 1.68. The Bertz CT molecular complexity index is 1170. The molecule has 7 nitrogen and oxygen atoms in total. The van der Waals surface area contributed by atoms with E-state index in [2.05, 4.69) is 4.90 Å². The fourth-order valence-corrected chi connectivity index (χ4v) is 6.07. The lowest BCUT2D eigenvalue weighted by Crippen LogP contribution is -2.47. The van der Waals surface area contributed by atoms with Crippen molar-refractivity contribution in [2.75, 3.05) is 24.2 Å². The van der Waals surface area contributed by atoms with Crippen molar-refractivity contribution < 1.29 is 22.3 Å². The van der Waals surface area contributed by atoms with Gasteiger partial charge in [0, 0.05) is 42.3 Å². The maximum absolute atomic E-state index is 13.8. The number of furan rings is 1. The molecule has 1 aromatic heterocycles. The summed E-state index contributed by atoms with van der Waals surface area (Å²) in [6.07, 6.45) is 4.83. The van der Waals surface area contributed by atoms with Crippen LogP contribution >= 0.6 is 11.6 Å². The Morgan fingerprint density at radius 1 is 1.00 bits per heavy atom. The lowest BCUT2D eigenvalue weighted by Gasteiger charge is -2.39. The molecule has 1 fully saturated rings. The van der Waals surface area contributed by atoms with E-state index in [-0.39, 0.29) is 17.7 Å². The number of rotatable bonds is 6. The van der Waals surface area contributed by atoms with Gasteiger partial charge < -0.3 is 13.9 Å². The quantitative estimate of drug-likeness (QED) is 0.523. The van der Waals surface area contributed by atoms with Crippen molar-refractivity contribution >= 4 is 27.3 Å². The van der Waals surface area contributed by atoms with Gasteiger partial charge in [-0.1, -0.05) is 11.6 Å². The van der Waals surface area contributed by atoms with Crippen LogP contribution in [-0.2, 0) is 16.6 Å². The zero-order valence-electron chi connectivity index (χ0n) is 17.3. The van der Waals surface area contributed by atoms with Crippen LogP contribution in [0.25, 0.3) is 0 Å². The number of likely N-dealkylation sites (tertiary alicyclic amines) is 1. The minimum absolute atomic E-state index is 0.134. The fourth-order valence-electron chi connectivity index (χ4n) is 4.24. The number of fused-ring (bicyclic) bond motifs is 1. The highest BCUT2D eigenvalue weighted by Crippen LogP contribution is 2.39. The molecule has 0 bridgehead atoms. The number of hydrogen-bond acceptors (Lipinski definition) is 6. The van der Waals surface area contributed by atoms with E-state index in [9.17, 15) is 8.42 Å². The predicted octanol–water partition coefficient (Wildman–Crippen LogP) is 4.52. The van der Waals surface area contributed by atoms with Gasteiger partial charge in [-0.25, -0.2) is 8.42 Å². The number of ether oxygens (including phenoxy) is 2. The highest BCUT2D eigenvalue weighted by molar-refractivity contribution is 7.92. The molecule has 0 unspecified atom stereocenters. The molecule has 1 saturated heterocycles. The van der Waals surface area contributed by atoms with Gasteiger partial charge >= 0.3 is 0 Å². The van der Waals surface area contributed by atoms with E-state index < -0.39 is 10.0 Å². The molecular weight excluding hydrogens is 452 g/mol. The third-order valence-electron chi connectivity index (χ3n) is 5.86. The van der Waals surface area contributed by atoms with Crippen molar-refractivity contribution in [3.05, 3.63) is 71.6 Å². The molecule has 0 atom stereocenters. The monoisotopic (exact) mass is 474 g/mol. The Morgan fingerprint density at radius 2 is 1.75 bits per heavy atom. The summed E-state index contributed by atoms with van der Waals surface area (Å²) >= 11 is 5.99. The molecule has 3 aromatic rings. The van der Waals surface area contributed by atoms with Crippen molar-refractivity contribution in [1.82, 2.24) is 4.90 Å². The van der Waals surface area contributed by atoms with Crippen molar-refractivity contribution in [2.24, 2.45) is 0 Å². The Morgan fingerprint density at radius 3 is 2.47 bits per heavy atom. The van der Waals surface area contributed by atoms with Crippen LogP contribution in [0.5, 0.6) is 11.5 Å². The topological polar surface area (TPSA) is 72.2 Å². The van der Waals surface area contributed by atoms with Crippen LogP contribution in [0.2, 0.25) is 5.02 Å². The molecule has 2 aliphatic rings. The van der Waals surface area contributed by atoms with Crippen LogP contribution in [0.15, 0.2) is 70.4 Å². The van der Waals surface area contributed by atoms with E-state index in [1.54, 1.807) is 55.0 Å². The molecule has 3 heterocycles. The number of piperidine rings is 1. The maximum Gasteiger partial charge on any atom is 0.264 e. The summed E-state index contributed by atoms with van der Waals surface area (Å²) in [6.45, 7) is 2.49. The molecule has 32 heavy (non-hydrogen) atoms. The molecule has 9 heteroatoms. The molecule has 5 rings (SSSR count). The Hall–Kier alpha value is -2.68.